The maximum Gasteiger partial charge on any atom is 0.324 e. The van der Waals surface area contributed by atoms with Crippen LogP contribution in [-0.4, -0.2) is 75.0 Å². The van der Waals surface area contributed by atoms with Gasteiger partial charge < -0.3 is 25.8 Å². The Morgan fingerprint density at radius 2 is 2.06 bits per heavy atom. The molecular weight excluding hydrogens is 422 g/mol. The van der Waals surface area contributed by atoms with Gasteiger partial charge in [0.15, 0.2) is 0 Å². The van der Waals surface area contributed by atoms with Crippen LogP contribution in [0.15, 0.2) is 12.3 Å². The van der Waals surface area contributed by atoms with Gasteiger partial charge in [-0.05, 0) is 49.5 Å². The molecule has 1 unspecified atom stereocenters. The minimum Gasteiger partial charge on any atom is -0.464 e. The largest absolute Gasteiger partial charge is 0.464 e. The van der Waals surface area contributed by atoms with Gasteiger partial charge in [-0.2, -0.15) is 0 Å². The fourth-order valence-corrected chi connectivity index (χ4v) is 4.63. The van der Waals surface area contributed by atoms with E-state index in [9.17, 15) is 9.59 Å². The molecule has 0 radical (unpaired) electrons. The number of ether oxygens (including phenoxy) is 2. The van der Waals surface area contributed by atoms with E-state index in [4.69, 9.17) is 15.2 Å². The third kappa shape index (κ3) is 7.67. The number of cyclic esters (lactones) is 1. The van der Waals surface area contributed by atoms with E-state index in [-0.39, 0.29) is 34.7 Å². The summed E-state index contributed by atoms with van der Waals surface area (Å²) in [5, 5.41) is 8.34. The lowest BCUT2D eigenvalue weighted by Crippen LogP contribution is -2.60. The summed E-state index contributed by atoms with van der Waals surface area (Å²) in [6.45, 7) is 17.4. The summed E-state index contributed by atoms with van der Waals surface area (Å²) in [5.74, 6) is -0.287. The minimum absolute atomic E-state index is 0.0934. The topological polar surface area (TPSA) is 118 Å². The number of rotatable bonds is 5. The van der Waals surface area contributed by atoms with E-state index in [1.165, 1.54) is 5.01 Å². The van der Waals surface area contributed by atoms with E-state index in [2.05, 4.69) is 50.3 Å². The lowest BCUT2D eigenvalue weighted by molar-refractivity contribution is -0.155. The maximum atomic E-state index is 12.8. The van der Waals surface area contributed by atoms with E-state index in [1.807, 2.05) is 6.92 Å². The van der Waals surface area contributed by atoms with Gasteiger partial charge >= 0.3 is 5.97 Å². The molecule has 1 amide bonds. The first-order valence-electron chi connectivity index (χ1n) is 12.0. The quantitative estimate of drug-likeness (QED) is 0.445. The van der Waals surface area contributed by atoms with E-state index >= 15 is 0 Å². The standard InChI is InChI=1S/C24H45N5O4/c1-16-11-26-12-19(25)21(30)29-10-8-9-20(28-29)22(31)33-15-23(4,5)13-24(16,6)14-27-17(2)18(3)32-7/h16,18-20,26-28H,2,8-15,25H2,1,3-7H3/t16-,18-,19-,20-,24?/m0/s1. The summed E-state index contributed by atoms with van der Waals surface area (Å²) >= 11 is 0. The zero-order chi connectivity index (χ0) is 24.8. The zero-order valence-corrected chi connectivity index (χ0v) is 21.3. The van der Waals surface area contributed by atoms with Gasteiger partial charge in [-0.3, -0.25) is 14.6 Å². The number of carbonyl (C=O) groups is 2. The van der Waals surface area contributed by atoms with Crippen LogP contribution in [0, 0.1) is 16.7 Å². The van der Waals surface area contributed by atoms with Crippen LogP contribution >= 0.6 is 0 Å². The van der Waals surface area contributed by atoms with Gasteiger partial charge in [0.1, 0.15) is 6.04 Å². The van der Waals surface area contributed by atoms with Crippen LogP contribution in [0.1, 0.15) is 53.9 Å². The van der Waals surface area contributed by atoms with Crippen molar-refractivity contribution in [2.45, 2.75) is 72.1 Å². The SMILES string of the molecule is C=C(NCC1(C)CC(C)(C)COC(=O)[C@@H]2CCCN(N2)C(=O)[C@@H](N)CNC[C@@H]1C)[C@H](C)OC. The number of fused-ring (bicyclic) bond motifs is 2. The molecule has 0 aromatic carbocycles. The molecule has 2 aliphatic heterocycles. The normalized spacial score (nSPS) is 32.8. The number of carbonyl (C=O) groups excluding carboxylic acids is 2. The molecule has 0 aromatic rings. The zero-order valence-electron chi connectivity index (χ0n) is 21.3. The van der Waals surface area contributed by atoms with Crippen molar-refractivity contribution in [3.63, 3.8) is 0 Å². The molecule has 0 aromatic heterocycles. The van der Waals surface area contributed by atoms with E-state index in [0.29, 0.717) is 39.2 Å². The Hall–Kier alpha value is -1.68. The van der Waals surface area contributed by atoms with Crippen LogP contribution in [0.5, 0.6) is 0 Å². The number of hydrogen-bond acceptors (Lipinski definition) is 8. The van der Waals surface area contributed by atoms with Crippen molar-refractivity contribution in [2.24, 2.45) is 22.5 Å². The molecule has 5 N–H and O–H groups in total. The van der Waals surface area contributed by atoms with E-state index in [0.717, 1.165) is 18.5 Å². The highest BCUT2D eigenvalue weighted by Gasteiger charge is 2.39. The molecule has 190 valence electrons. The van der Waals surface area contributed by atoms with Gasteiger partial charge in [-0.1, -0.05) is 34.3 Å². The van der Waals surface area contributed by atoms with Gasteiger partial charge in [0, 0.05) is 32.4 Å². The molecule has 0 saturated carbocycles. The highest BCUT2D eigenvalue weighted by molar-refractivity contribution is 5.83. The second-order valence-electron chi connectivity index (χ2n) is 10.8. The van der Waals surface area contributed by atoms with Crippen LogP contribution in [0.4, 0.5) is 0 Å². The Morgan fingerprint density at radius 1 is 1.36 bits per heavy atom. The Balaban J connectivity index is 2.22. The third-order valence-electron chi connectivity index (χ3n) is 7.11. The summed E-state index contributed by atoms with van der Waals surface area (Å²) in [4.78, 5) is 25.6. The number of nitrogens with one attached hydrogen (secondary N) is 3. The van der Waals surface area contributed by atoms with Gasteiger partial charge in [-0.25, -0.2) is 5.43 Å². The van der Waals surface area contributed by atoms with Crippen LogP contribution in [0.25, 0.3) is 0 Å². The third-order valence-corrected chi connectivity index (χ3v) is 7.11. The van der Waals surface area contributed by atoms with Crippen LogP contribution in [0.3, 0.4) is 0 Å². The summed E-state index contributed by atoms with van der Waals surface area (Å²) in [6, 6.07) is -1.22. The molecule has 9 nitrogen and oxygen atoms in total. The number of esters is 1. The first kappa shape index (κ1) is 27.6. The van der Waals surface area contributed by atoms with E-state index < -0.39 is 12.1 Å². The summed E-state index contributed by atoms with van der Waals surface area (Å²) in [6.07, 6.45) is 2.10. The van der Waals surface area contributed by atoms with Gasteiger partial charge in [-0.15, -0.1) is 0 Å². The maximum absolute atomic E-state index is 12.8. The number of methoxy groups -OCH3 is 1. The van der Waals surface area contributed by atoms with E-state index in [1.54, 1.807) is 7.11 Å². The molecule has 2 rings (SSSR count). The first-order chi connectivity index (χ1) is 15.4. The van der Waals surface area contributed by atoms with Crippen molar-refractivity contribution >= 4 is 11.9 Å². The molecule has 33 heavy (non-hydrogen) atoms. The smallest absolute Gasteiger partial charge is 0.324 e. The average Bonchev–Trinajstić information content (AvgIpc) is 2.79. The van der Waals surface area contributed by atoms with Crippen molar-refractivity contribution in [1.29, 1.82) is 0 Å². The molecular formula is C24H45N5O4. The van der Waals surface area contributed by atoms with Crippen LogP contribution < -0.4 is 21.8 Å². The number of amides is 1. The highest BCUT2D eigenvalue weighted by Crippen LogP contribution is 2.40. The van der Waals surface area contributed by atoms with Gasteiger partial charge in [0.05, 0.1) is 18.8 Å². The Morgan fingerprint density at radius 3 is 2.73 bits per heavy atom. The molecule has 2 aliphatic rings. The fraction of sp³-hybridized carbons (Fsp3) is 0.833. The first-order valence-corrected chi connectivity index (χ1v) is 12.0. The second-order valence-corrected chi connectivity index (χ2v) is 10.8. The number of nitrogens with two attached hydrogens (primary N) is 1. The molecule has 0 spiro atoms. The number of hydrogen-bond donors (Lipinski definition) is 4. The molecule has 2 heterocycles. The number of hydrazine groups is 1. The van der Waals surface area contributed by atoms with Crippen molar-refractivity contribution in [2.75, 3.05) is 39.9 Å². The predicted molar refractivity (Wildman–Crippen MR) is 129 cm³/mol. The lowest BCUT2D eigenvalue weighted by Gasteiger charge is -2.42. The van der Waals surface area contributed by atoms with Crippen molar-refractivity contribution in [3.8, 4) is 0 Å². The van der Waals surface area contributed by atoms with Crippen LogP contribution in [0.2, 0.25) is 0 Å². The van der Waals surface area contributed by atoms with Gasteiger partial charge in [0.25, 0.3) is 5.91 Å². The monoisotopic (exact) mass is 467 g/mol. The number of nitrogens with zero attached hydrogens (tertiary/aromatic N) is 1. The van der Waals surface area contributed by atoms with Crippen molar-refractivity contribution in [1.82, 2.24) is 21.1 Å². The Bertz CT molecular complexity index is 700. The van der Waals surface area contributed by atoms with Crippen molar-refractivity contribution in [3.05, 3.63) is 12.3 Å². The lowest BCUT2D eigenvalue weighted by atomic mass is 9.67. The van der Waals surface area contributed by atoms with Crippen LogP contribution in [-0.2, 0) is 19.1 Å². The summed E-state index contributed by atoms with van der Waals surface area (Å²) < 4.78 is 11.1. The Labute approximate surface area is 199 Å². The summed E-state index contributed by atoms with van der Waals surface area (Å²) in [7, 11) is 1.66. The molecule has 9 heteroatoms. The molecule has 2 bridgehead atoms. The average molecular weight is 468 g/mol. The summed E-state index contributed by atoms with van der Waals surface area (Å²) in [5.41, 5.74) is 9.65. The molecule has 2 fully saturated rings. The predicted octanol–water partition coefficient (Wildman–Crippen LogP) is 1.15. The molecule has 0 aliphatic carbocycles. The fourth-order valence-electron chi connectivity index (χ4n) is 4.63. The van der Waals surface area contributed by atoms with Gasteiger partial charge in [0.2, 0.25) is 0 Å². The molecule has 2 saturated heterocycles. The second kappa shape index (κ2) is 11.6. The van der Waals surface area contributed by atoms with Crippen molar-refractivity contribution < 1.29 is 19.1 Å². The Kier molecular flexibility index (Phi) is 9.72. The minimum atomic E-state index is -0.687. The molecule has 5 atom stereocenters. The highest BCUT2D eigenvalue weighted by atomic mass is 16.5.